The van der Waals surface area contributed by atoms with E-state index in [4.69, 9.17) is 4.74 Å². The molecule has 0 radical (unpaired) electrons. The van der Waals surface area contributed by atoms with Crippen LogP contribution in [0.4, 0.5) is 5.69 Å². The fraction of sp³-hybridized carbons (Fsp3) is 0.500. The van der Waals surface area contributed by atoms with Gasteiger partial charge in [0.05, 0.1) is 5.69 Å². The predicted octanol–water partition coefficient (Wildman–Crippen LogP) is 0.0807. The van der Waals surface area contributed by atoms with Crippen molar-refractivity contribution >= 4 is 17.5 Å². The molecule has 0 aromatic heterocycles. The van der Waals surface area contributed by atoms with Gasteiger partial charge in [-0.1, -0.05) is 12.1 Å². The average molecular weight is 318 g/mol. The first-order valence-corrected chi connectivity index (χ1v) is 7.88. The van der Waals surface area contributed by atoms with Crippen molar-refractivity contribution in [2.24, 2.45) is 0 Å². The summed E-state index contributed by atoms with van der Waals surface area (Å²) in [6, 6.07) is 7.40. The Hall–Kier alpha value is -2.12. The first-order valence-electron chi connectivity index (χ1n) is 7.88. The molecule has 1 aromatic rings. The Labute approximate surface area is 135 Å². The fourth-order valence-electron chi connectivity index (χ4n) is 2.76. The molecule has 1 fully saturated rings. The smallest absolute Gasteiger partial charge is 0.265 e. The zero-order valence-corrected chi connectivity index (χ0v) is 13.3. The Morgan fingerprint density at radius 3 is 2.74 bits per heavy atom. The first-order chi connectivity index (χ1) is 11.1. The van der Waals surface area contributed by atoms with Crippen LogP contribution in [0.15, 0.2) is 24.3 Å². The summed E-state index contributed by atoms with van der Waals surface area (Å²) in [4.78, 5) is 28.0. The molecule has 0 aliphatic carbocycles. The number of ether oxygens (including phenoxy) is 1. The highest BCUT2D eigenvalue weighted by Gasteiger charge is 2.25. The molecule has 2 heterocycles. The maximum absolute atomic E-state index is 12.1. The van der Waals surface area contributed by atoms with Crippen LogP contribution in [0, 0.1) is 0 Å². The van der Waals surface area contributed by atoms with Gasteiger partial charge in [-0.05, 0) is 19.2 Å². The Balaban J connectivity index is 1.53. The second-order valence-electron chi connectivity index (χ2n) is 5.88. The molecule has 1 aromatic carbocycles. The minimum absolute atomic E-state index is 0.0249. The number of carbonyl (C=O) groups excluding carboxylic acids is 2. The first kappa shape index (κ1) is 15.8. The largest absolute Gasteiger partial charge is 0.482 e. The third kappa shape index (κ3) is 3.80. The van der Waals surface area contributed by atoms with E-state index in [0.717, 1.165) is 31.9 Å². The zero-order valence-electron chi connectivity index (χ0n) is 13.3. The second-order valence-corrected chi connectivity index (χ2v) is 5.88. The summed E-state index contributed by atoms with van der Waals surface area (Å²) in [5.41, 5.74) is 3.65. The van der Waals surface area contributed by atoms with E-state index >= 15 is 0 Å². The quantitative estimate of drug-likeness (QED) is 0.852. The lowest BCUT2D eigenvalue weighted by Gasteiger charge is -2.33. The molecule has 23 heavy (non-hydrogen) atoms. The number of rotatable bonds is 4. The van der Waals surface area contributed by atoms with Crippen LogP contribution in [0.3, 0.4) is 0 Å². The number of nitrogens with one attached hydrogen (secondary N) is 1. The van der Waals surface area contributed by atoms with E-state index in [2.05, 4.69) is 17.4 Å². The number of amides is 2. The standard InChI is InChI=1S/C16H22N4O3/c1-18-8-10-19(11-9-18)17-15(21)6-7-20-13-4-2-3-5-14(13)23-12-16(20)22/h2-5H,6-12H2,1H3,(H,17,21). The third-order valence-electron chi connectivity index (χ3n) is 4.16. The van der Waals surface area contributed by atoms with Crippen LogP contribution in [0.25, 0.3) is 0 Å². The number of piperazine rings is 1. The zero-order chi connectivity index (χ0) is 16.2. The molecule has 2 aliphatic rings. The summed E-state index contributed by atoms with van der Waals surface area (Å²) in [6.07, 6.45) is 0.270. The number of nitrogens with zero attached hydrogens (tertiary/aromatic N) is 3. The van der Waals surface area contributed by atoms with Crippen molar-refractivity contribution in [3.05, 3.63) is 24.3 Å². The van der Waals surface area contributed by atoms with Crippen molar-refractivity contribution in [2.75, 3.05) is 51.3 Å². The van der Waals surface area contributed by atoms with Gasteiger partial charge < -0.3 is 14.5 Å². The predicted molar refractivity (Wildman–Crippen MR) is 86.1 cm³/mol. The maximum atomic E-state index is 12.1. The van der Waals surface area contributed by atoms with Gasteiger partial charge in [0.15, 0.2) is 6.61 Å². The van der Waals surface area contributed by atoms with Gasteiger partial charge in [-0.3, -0.25) is 15.0 Å². The van der Waals surface area contributed by atoms with Crippen molar-refractivity contribution < 1.29 is 14.3 Å². The number of hydrazine groups is 1. The van der Waals surface area contributed by atoms with E-state index in [-0.39, 0.29) is 24.8 Å². The Kier molecular flexibility index (Phi) is 4.78. The second kappa shape index (κ2) is 6.97. The summed E-state index contributed by atoms with van der Waals surface area (Å²) in [5, 5.41) is 1.94. The Morgan fingerprint density at radius 1 is 1.22 bits per heavy atom. The van der Waals surface area contributed by atoms with E-state index in [9.17, 15) is 9.59 Å². The van der Waals surface area contributed by atoms with Crippen LogP contribution in [0.2, 0.25) is 0 Å². The maximum Gasteiger partial charge on any atom is 0.265 e. The molecule has 2 aliphatic heterocycles. The monoisotopic (exact) mass is 318 g/mol. The van der Waals surface area contributed by atoms with E-state index in [1.807, 2.05) is 29.3 Å². The Bertz CT molecular complexity index is 584. The number of para-hydroxylation sites is 2. The lowest BCUT2D eigenvalue weighted by molar-refractivity contribution is -0.126. The summed E-state index contributed by atoms with van der Waals surface area (Å²) in [5.74, 6) is 0.508. The average Bonchev–Trinajstić information content (AvgIpc) is 2.56. The minimum Gasteiger partial charge on any atom is -0.482 e. The van der Waals surface area contributed by atoms with Crippen molar-refractivity contribution in [2.45, 2.75) is 6.42 Å². The molecule has 0 unspecified atom stereocenters. The van der Waals surface area contributed by atoms with Crippen LogP contribution in [-0.2, 0) is 9.59 Å². The van der Waals surface area contributed by atoms with Crippen LogP contribution >= 0.6 is 0 Å². The molecule has 0 atom stereocenters. The van der Waals surface area contributed by atoms with Crippen LogP contribution < -0.4 is 15.1 Å². The SMILES string of the molecule is CN1CCN(NC(=O)CCN2C(=O)COc3ccccc32)CC1. The summed E-state index contributed by atoms with van der Waals surface area (Å²) in [7, 11) is 2.07. The van der Waals surface area contributed by atoms with Crippen LogP contribution in [0.1, 0.15) is 6.42 Å². The minimum atomic E-state index is -0.115. The van der Waals surface area contributed by atoms with Crippen LogP contribution in [-0.4, -0.2) is 68.1 Å². The molecule has 1 N–H and O–H groups in total. The topological polar surface area (TPSA) is 65.1 Å². The van der Waals surface area contributed by atoms with Gasteiger partial charge >= 0.3 is 0 Å². The molecule has 0 bridgehead atoms. The van der Waals surface area contributed by atoms with Gasteiger partial charge in [0, 0.05) is 39.1 Å². The van der Waals surface area contributed by atoms with Gasteiger partial charge in [-0.2, -0.15) is 0 Å². The number of anilines is 1. The molecule has 3 rings (SSSR count). The van der Waals surface area contributed by atoms with Gasteiger partial charge in [-0.15, -0.1) is 0 Å². The van der Waals surface area contributed by atoms with E-state index in [0.29, 0.717) is 12.3 Å². The summed E-state index contributed by atoms with van der Waals surface area (Å²) < 4.78 is 5.40. The number of carbonyl (C=O) groups is 2. The molecular weight excluding hydrogens is 296 g/mol. The number of hydrogen-bond donors (Lipinski definition) is 1. The van der Waals surface area contributed by atoms with Gasteiger partial charge in [0.1, 0.15) is 5.75 Å². The molecule has 2 amide bonds. The highest BCUT2D eigenvalue weighted by molar-refractivity contribution is 5.98. The van der Waals surface area contributed by atoms with Gasteiger partial charge in [0.25, 0.3) is 5.91 Å². The molecule has 0 saturated carbocycles. The van der Waals surface area contributed by atoms with E-state index < -0.39 is 0 Å². The molecule has 7 heteroatoms. The normalized spacial score (nSPS) is 19.2. The molecule has 0 spiro atoms. The van der Waals surface area contributed by atoms with Crippen molar-refractivity contribution in [3.8, 4) is 5.75 Å². The molecule has 7 nitrogen and oxygen atoms in total. The number of benzene rings is 1. The lowest BCUT2D eigenvalue weighted by atomic mass is 10.2. The van der Waals surface area contributed by atoms with Crippen LogP contribution in [0.5, 0.6) is 5.75 Å². The summed E-state index contributed by atoms with van der Waals surface area (Å²) in [6.45, 7) is 3.91. The summed E-state index contributed by atoms with van der Waals surface area (Å²) >= 11 is 0. The van der Waals surface area contributed by atoms with E-state index in [1.54, 1.807) is 4.90 Å². The van der Waals surface area contributed by atoms with Crippen molar-refractivity contribution in [1.29, 1.82) is 0 Å². The molecule has 1 saturated heterocycles. The highest BCUT2D eigenvalue weighted by atomic mass is 16.5. The van der Waals surface area contributed by atoms with Gasteiger partial charge in [0.2, 0.25) is 5.91 Å². The lowest BCUT2D eigenvalue weighted by Crippen LogP contribution is -2.53. The number of hydrogen-bond acceptors (Lipinski definition) is 5. The van der Waals surface area contributed by atoms with Gasteiger partial charge in [-0.25, -0.2) is 5.01 Å². The Morgan fingerprint density at radius 2 is 1.96 bits per heavy atom. The number of likely N-dealkylation sites (N-methyl/N-ethyl adjacent to an activating group) is 1. The third-order valence-corrected chi connectivity index (χ3v) is 4.16. The number of fused-ring (bicyclic) bond motifs is 1. The highest BCUT2D eigenvalue weighted by Crippen LogP contribution is 2.31. The van der Waals surface area contributed by atoms with E-state index in [1.165, 1.54) is 0 Å². The fourth-order valence-corrected chi connectivity index (χ4v) is 2.76. The molecular formula is C16H22N4O3. The molecule has 124 valence electrons. The van der Waals surface area contributed by atoms with Crippen molar-refractivity contribution in [3.63, 3.8) is 0 Å². The van der Waals surface area contributed by atoms with Crippen molar-refractivity contribution in [1.82, 2.24) is 15.3 Å².